The van der Waals surface area contributed by atoms with Crippen molar-refractivity contribution in [3.8, 4) is 0 Å². The van der Waals surface area contributed by atoms with Crippen LogP contribution in [0.1, 0.15) is 86.5 Å². The molecule has 0 saturated heterocycles. The number of fused-ring (bicyclic) bond motifs is 5. The lowest BCUT2D eigenvalue weighted by Crippen LogP contribution is -2.58. The highest BCUT2D eigenvalue weighted by atomic mass is 14.7. The van der Waals surface area contributed by atoms with E-state index in [1.807, 2.05) is 0 Å². The first-order valence-electron chi connectivity index (χ1n) is 11.0. The third kappa shape index (κ3) is 2.10. The molecular weight excluding hydrogens is 288 g/mol. The quantitative estimate of drug-likeness (QED) is 0.416. The Morgan fingerprint density at radius 3 is 2.33 bits per heavy atom. The Balaban J connectivity index is 1.73. The van der Waals surface area contributed by atoms with Gasteiger partial charge < -0.3 is 0 Å². The fourth-order valence-corrected chi connectivity index (χ4v) is 8.58. The van der Waals surface area contributed by atoms with Crippen LogP contribution >= 0.6 is 0 Å². The van der Waals surface area contributed by atoms with Crippen molar-refractivity contribution in [1.82, 2.24) is 0 Å². The molecule has 0 amide bonds. The van der Waals surface area contributed by atoms with Crippen LogP contribution in [0.2, 0.25) is 0 Å². The van der Waals surface area contributed by atoms with E-state index in [4.69, 9.17) is 0 Å². The number of hydrogen-bond acceptors (Lipinski definition) is 0. The number of allylic oxidation sites excluding steroid dienone is 2. The highest BCUT2D eigenvalue weighted by Crippen LogP contribution is 2.69. The van der Waals surface area contributed by atoms with Gasteiger partial charge in [-0.25, -0.2) is 0 Å². The van der Waals surface area contributed by atoms with Crippen molar-refractivity contribution in [2.45, 2.75) is 86.5 Å². The zero-order valence-corrected chi connectivity index (χ0v) is 17.1. The topological polar surface area (TPSA) is 0 Å². The normalized spacial score (nSPS) is 58.9. The van der Waals surface area contributed by atoms with Gasteiger partial charge in [-0.1, -0.05) is 52.7 Å². The zero-order chi connectivity index (χ0) is 17.3. The van der Waals surface area contributed by atoms with E-state index in [0.717, 1.165) is 41.4 Å². The van der Waals surface area contributed by atoms with Crippen LogP contribution in [0.3, 0.4) is 0 Å². The van der Waals surface area contributed by atoms with Crippen LogP contribution in [0, 0.1) is 52.3 Å². The molecule has 9 atom stereocenters. The highest BCUT2D eigenvalue weighted by Gasteiger charge is 2.62. The number of rotatable bonds is 0. The fourth-order valence-electron chi connectivity index (χ4n) is 8.58. The van der Waals surface area contributed by atoms with Gasteiger partial charge in [-0.05, 0) is 97.7 Å². The summed E-state index contributed by atoms with van der Waals surface area (Å²) < 4.78 is 0. The molecule has 0 radical (unpaired) electrons. The Kier molecular flexibility index (Phi) is 4.02. The molecule has 0 N–H and O–H groups in total. The molecule has 136 valence electrons. The first-order valence-corrected chi connectivity index (χ1v) is 11.0. The summed E-state index contributed by atoms with van der Waals surface area (Å²) in [5, 5.41) is 0. The van der Waals surface area contributed by atoms with Crippen molar-refractivity contribution in [2.24, 2.45) is 52.3 Å². The van der Waals surface area contributed by atoms with Crippen molar-refractivity contribution >= 4 is 0 Å². The standard InChI is InChI=1S/C24H40/c1-7-18-8-9-19-22-17(4)16(3)21-14-15(2)10-12-24(21,6)20(22)11-13-23(18,19)5/h7,15-17,19-22H,8-14H2,1-6H3/b18-7-/t15-,16+,17?,19?,20?,21?,22?,23+,24+/m0/s1. The van der Waals surface area contributed by atoms with Gasteiger partial charge in [0.25, 0.3) is 0 Å². The van der Waals surface area contributed by atoms with Crippen LogP contribution < -0.4 is 0 Å². The molecular formula is C24H40. The molecule has 4 aliphatic carbocycles. The average Bonchev–Trinajstić information content (AvgIpc) is 2.90. The largest absolute Gasteiger partial charge is 0.0879 e. The van der Waals surface area contributed by atoms with Gasteiger partial charge >= 0.3 is 0 Å². The first kappa shape index (κ1) is 17.2. The second-order valence-corrected chi connectivity index (χ2v) is 10.8. The van der Waals surface area contributed by atoms with Gasteiger partial charge in [0.2, 0.25) is 0 Å². The fraction of sp³-hybridized carbons (Fsp3) is 0.917. The Morgan fingerprint density at radius 1 is 0.875 bits per heavy atom. The lowest BCUT2D eigenvalue weighted by Gasteiger charge is -2.64. The summed E-state index contributed by atoms with van der Waals surface area (Å²) >= 11 is 0. The highest BCUT2D eigenvalue weighted by molar-refractivity contribution is 5.24. The molecule has 5 unspecified atom stereocenters. The predicted octanol–water partition coefficient (Wildman–Crippen LogP) is 7.10. The molecule has 0 aromatic rings. The van der Waals surface area contributed by atoms with Crippen LogP contribution in [0.4, 0.5) is 0 Å². The monoisotopic (exact) mass is 328 g/mol. The van der Waals surface area contributed by atoms with Crippen molar-refractivity contribution in [1.29, 1.82) is 0 Å². The zero-order valence-electron chi connectivity index (χ0n) is 17.1. The SMILES string of the molecule is C/C=C1/CCC2C3C(C)[C@@H](C)C4C[C@@H](C)CC[C@]4(C)C3CC[C@]12C. The van der Waals surface area contributed by atoms with Crippen molar-refractivity contribution in [2.75, 3.05) is 0 Å². The molecule has 0 bridgehead atoms. The molecule has 4 saturated carbocycles. The summed E-state index contributed by atoms with van der Waals surface area (Å²) in [4.78, 5) is 0. The van der Waals surface area contributed by atoms with Gasteiger partial charge in [0.1, 0.15) is 0 Å². The summed E-state index contributed by atoms with van der Waals surface area (Å²) in [5.41, 5.74) is 2.98. The van der Waals surface area contributed by atoms with Gasteiger partial charge in [0, 0.05) is 0 Å². The molecule has 0 aromatic carbocycles. The van der Waals surface area contributed by atoms with Crippen molar-refractivity contribution in [3.63, 3.8) is 0 Å². The maximum atomic E-state index is 2.72. The minimum atomic E-state index is 0.537. The molecule has 0 nitrogen and oxygen atoms in total. The molecule has 0 heteroatoms. The summed E-state index contributed by atoms with van der Waals surface area (Å²) in [6, 6.07) is 0. The van der Waals surface area contributed by atoms with E-state index in [-0.39, 0.29) is 0 Å². The molecule has 0 aromatic heterocycles. The lowest BCUT2D eigenvalue weighted by atomic mass is 9.40. The van der Waals surface area contributed by atoms with Crippen LogP contribution in [-0.2, 0) is 0 Å². The van der Waals surface area contributed by atoms with Crippen LogP contribution in [0.5, 0.6) is 0 Å². The molecule has 4 fully saturated rings. The third-order valence-corrected chi connectivity index (χ3v) is 10.1. The van der Waals surface area contributed by atoms with E-state index in [0.29, 0.717) is 10.8 Å². The predicted molar refractivity (Wildman–Crippen MR) is 104 cm³/mol. The lowest BCUT2D eigenvalue weighted by molar-refractivity contribution is -0.156. The van der Waals surface area contributed by atoms with E-state index >= 15 is 0 Å². The molecule has 4 aliphatic rings. The van der Waals surface area contributed by atoms with Crippen LogP contribution in [0.25, 0.3) is 0 Å². The molecule has 0 heterocycles. The Labute approximate surface area is 150 Å². The van der Waals surface area contributed by atoms with E-state index in [9.17, 15) is 0 Å². The molecule has 0 aliphatic heterocycles. The van der Waals surface area contributed by atoms with E-state index in [1.165, 1.54) is 44.9 Å². The van der Waals surface area contributed by atoms with Crippen molar-refractivity contribution in [3.05, 3.63) is 11.6 Å². The van der Waals surface area contributed by atoms with E-state index in [2.05, 4.69) is 47.6 Å². The Hall–Kier alpha value is -0.260. The molecule has 24 heavy (non-hydrogen) atoms. The number of hydrogen-bond donors (Lipinski definition) is 0. The maximum Gasteiger partial charge on any atom is -0.00852 e. The van der Waals surface area contributed by atoms with E-state index in [1.54, 1.807) is 5.57 Å². The maximum absolute atomic E-state index is 2.72. The first-order chi connectivity index (χ1) is 11.3. The van der Waals surface area contributed by atoms with Gasteiger partial charge in [0.15, 0.2) is 0 Å². The van der Waals surface area contributed by atoms with Crippen molar-refractivity contribution < 1.29 is 0 Å². The molecule has 0 spiro atoms. The molecule has 4 rings (SSSR count). The summed E-state index contributed by atoms with van der Waals surface area (Å²) in [5.74, 6) is 6.78. The van der Waals surface area contributed by atoms with Gasteiger partial charge in [-0.15, -0.1) is 0 Å². The Bertz CT molecular complexity index is 530. The van der Waals surface area contributed by atoms with E-state index < -0.39 is 0 Å². The second-order valence-electron chi connectivity index (χ2n) is 10.8. The summed E-state index contributed by atoms with van der Waals surface area (Å²) in [7, 11) is 0. The minimum Gasteiger partial charge on any atom is -0.0879 e. The van der Waals surface area contributed by atoms with Gasteiger partial charge in [-0.2, -0.15) is 0 Å². The van der Waals surface area contributed by atoms with Crippen LogP contribution in [0.15, 0.2) is 11.6 Å². The third-order valence-electron chi connectivity index (χ3n) is 10.1. The smallest absolute Gasteiger partial charge is 0.00852 e. The second kappa shape index (κ2) is 5.62. The van der Waals surface area contributed by atoms with Crippen LogP contribution in [-0.4, -0.2) is 0 Å². The Morgan fingerprint density at radius 2 is 1.62 bits per heavy atom. The minimum absolute atomic E-state index is 0.537. The summed E-state index contributed by atoms with van der Waals surface area (Å²) in [6.45, 7) is 15.4. The summed E-state index contributed by atoms with van der Waals surface area (Å²) in [6.07, 6.45) is 12.8. The van der Waals surface area contributed by atoms with Gasteiger partial charge in [0.05, 0.1) is 0 Å². The average molecular weight is 329 g/mol. The van der Waals surface area contributed by atoms with Gasteiger partial charge in [-0.3, -0.25) is 0 Å².